The fourth-order valence-electron chi connectivity index (χ4n) is 2.44. The molecule has 9 heteroatoms. The summed E-state index contributed by atoms with van der Waals surface area (Å²) in [6, 6.07) is 4.83. The van der Waals surface area contributed by atoms with E-state index >= 15 is 0 Å². The van der Waals surface area contributed by atoms with Crippen LogP contribution in [0, 0.1) is 10.1 Å². The second-order valence-corrected chi connectivity index (χ2v) is 5.15. The molecule has 0 bridgehead atoms. The van der Waals surface area contributed by atoms with Gasteiger partial charge in [-0.3, -0.25) is 10.1 Å². The summed E-state index contributed by atoms with van der Waals surface area (Å²) < 4.78 is 5.00. The molecule has 23 heavy (non-hydrogen) atoms. The molecule has 2 rings (SSSR count). The van der Waals surface area contributed by atoms with E-state index in [2.05, 4.69) is 5.32 Å². The molecule has 0 spiro atoms. The van der Waals surface area contributed by atoms with Gasteiger partial charge in [0.25, 0.3) is 5.69 Å². The van der Waals surface area contributed by atoms with Crippen LogP contribution >= 0.6 is 0 Å². The second-order valence-electron chi connectivity index (χ2n) is 5.15. The molecular formula is C14H17N3O6. The van der Waals surface area contributed by atoms with Crippen molar-refractivity contribution in [2.24, 2.45) is 0 Å². The van der Waals surface area contributed by atoms with Gasteiger partial charge in [0.1, 0.15) is 5.75 Å². The molecule has 1 aliphatic rings. The number of nitro groups is 1. The van der Waals surface area contributed by atoms with Gasteiger partial charge in [-0.05, 0) is 31.4 Å². The van der Waals surface area contributed by atoms with Gasteiger partial charge in [0.15, 0.2) is 0 Å². The number of piperidine rings is 1. The van der Waals surface area contributed by atoms with Crippen LogP contribution in [-0.4, -0.2) is 46.2 Å². The number of nitrogens with one attached hydrogen (secondary N) is 1. The largest absolute Gasteiger partial charge is 0.465 e. The van der Waals surface area contributed by atoms with E-state index in [1.165, 1.54) is 29.2 Å². The minimum Gasteiger partial charge on any atom is -0.465 e. The molecule has 9 nitrogen and oxygen atoms in total. The third kappa shape index (κ3) is 4.56. The zero-order valence-electron chi connectivity index (χ0n) is 12.3. The zero-order chi connectivity index (χ0) is 16.8. The number of hydrogen-bond acceptors (Lipinski definition) is 5. The van der Waals surface area contributed by atoms with E-state index in [0.717, 1.165) is 12.8 Å². The Morgan fingerprint density at radius 2 is 2.04 bits per heavy atom. The van der Waals surface area contributed by atoms with Crippen molar-refractivity contribution >= 4 is 17.9 Å². The standard InChI is InChI=1S/C14H17N3O6/c18-13(23-12-6-4-10(5-7-12)17(21)22)15-9-11-3-1-2-8-16(11)14(19)20/h4-7,11H,1-3,8-9H2,(H,15,18)(H,19,20)/t11-/m0/s1. The van der Waals surface area contributed by atoms with Gasteiger partial charge in [-0.25, -0.2) is 9.59 Å². The molecular weight excluding hydrogens is 306 g/mol. The highest BCUT2D eigenvalue weighted by atomic mass is 16.6. The molecule has 1 aromatic rings. The Hall–Kier alpha value is -2.84. The average Bonchev–Trinajstić information content (AvgIpc) is 2.53. The highest BCUT2D eigenvalue weighted by molar-refractivity contribution is 5.70. The molecule has 0 radical (unpaired) electrons. The topological polar surface area (TPSA) is 122 Å². The van der Waals surface area contributed by atoms with Crippen molar-refractivity contribution in [1.29, 1.82) is 0 Å². The number of carbonyl (C=O) groups excluding carboxylic acids is 1. The van der Waals surface area contributed by atoms with Crippen LogP contribution in [0.25, 0.3) is 0 Å². The number of non-ortho nitro benzene ring substituents is 1. The molecule has 1 aromatic carbocycles. The van der Waals surface area contributed by atoms with Crippen molar-refractivity contribution in [3.63, 3.8) is 0 Å². The van der Waals surface area contributed by atoms with Crippen molar-refractivity contribution in [3.8, 4) is 5.75 Å². The van der Waals surface area contributed by atoms with Gasteiger partial charge in [0.05, 0.1) is 11.0 Å². The summed E-state index contributed by atoms with van der Waals surface area (Å²) in [5.74, 6) is 0.173. The lowest BCUT2D eigenvalue weighted by molar-refractivity contribution is -0.384. The highest BCUT2D eigenvalue weighted by Gasteiger charge is 2.26. The summed E-state index contributed by atoms with van der Waals surface area (Å²) in [6.07, 6.45) is 0.684. The summed E-state index contributed by atoms with van der Waals surface area (Å²) >= 11 is 0. The van der Waals surface area contributed by atoms with Gasteiger partial charge in [-0.1, -0.05) is 0 Å². The molecule has 0 unspecified atom stereocenters. The number of carbonyl (C=O) groups is 2. The lowest BCUT2D eigenvalue weighted by atomic mass is 10.0. The Kier molecular flexibility index (Phi) is 5.34. The van der Waals surface area contributed by atoms with E-state index < -0.39 is 17.1 Å². The Morgan fingerprint density at radius 3 is 2.65 bits per heavy atom. The van der Waals surface area contributed by atoms with Gasteiger partial charge in [-0.2, -0.15) is 0 Å². The number of rotatable bonds is 4. The molecule has 1 saturated heterocycles. The molecule has 0 saturated carbocycles. The first kappa shape index (κ1) is 16.5. The summed E-state index contributed by atoms with van der Waals surface area (Å²) in [5.41, 5.74) is -0.0999. The normalized spacial score (nSPS) is 17.4. The quantitative estimate of drug-likeness (QED) is 0.647. The minimum absolute atomic E-state index is 0.0999. The first-order chi connectivity index (χ1) is 11.0. The number of nitro benzene ring substituents is 1. The third-order valence-corrected chi connectivity index (χ3v) is 3.61. The number of hydrogen-bond donors (Lipinski definition) is 2. The molecule has 2 amide bonds. The monoisotopic (exact) mass is 323 g/mol. The van der Waals surface area contributed by atoms with Gasteiger partial charge in [-0.15, -0.1) is 0 Å². The Bertz CT molecular complexity index is 589. The predicted molar refractivity (Wildman–Crippen MR) is 79.5 cm³/mol. The van der Waals surface area contributed by atoms with Gasteiger partial charge in [0, 0.05) is 25.2 Å². The maximum atomic E-state index is 11.7. The fraction of sp³-hybridized carbons (Fsp3) is 0.429. The molecule has 124 valence electrons. The maximum absolute atomic E-state index is 11.7. The Balaban J connectivity index is 1.84. The van der Waals surface area contributed by atoms with Crippen molar-refractivity contribution < 1.29 is 24.4 Å². The fourth-order valence-corrected chi connectivity index (χ4v) is 2.44. The maximum Gasteiger partial charge on any atom is 0.412 e. The number of ether oxygens (including phenoxy) is 1. The van der Waals surface area contributed by atoms with Crippen LogP contribution < -0.4 is 10.1 Å². The molecule has 1 fully saturated rings. The van der Waals surface area contributed by atoms with Crippen molar-refractivity contribution in [1.82, 2.24) is 10.2 Å². The van der Waals surface area contributed by atoms with Crippen LogP contribution in [0.15, 0.2) is 24.3 Å². The molecule has 1 atom stereocenters. The van der Waals surface area contributed by atoms with E-state index in [9.17, 15) is 19.7 Å². The van der Waals surface area contributed by atoms with Gasteiger partial charge in [0.2, 0.25) is 0 Å². The Labute approximate surface area is 132 Å². The minimum atomic E-state index is -1.000. The summed E-state index contributed by atoms with van der Waals surface area (Å²) in [4.78, 5) is 34.1. The van der Waals surface area contributed by atoms with Crippen LogP contribution in [0.3, 0.4) is 0 Å². The third-order valence-electron chi connectivity index (χ3n) is 3.61. The first-order valence-electron chi connectivity index (χ1n) is 7.17. The van der Waals surface area contributed by atoms with Gasteiger partial charge < -0.3 is 20.1 Å². The number of benzene rings is 1. The SMILES string of the molecule is O=C(NC[C@@H]1CCCCN1C(=O)O)Oc1ccc([N+](=O)[O-])cc1. The van der Waals surface area contributed by atoms with E-state index in [1.54, 1.807) is 0 Å². The number of nitrogens with zero attached hydrogens (tertiary/aromatic N) is 2. The van der Waals surface area contributed by atoms with Crippen LogP contribution in [0.1, 0.15) is 19.3 Å². The summed E-state index contributed by atoms with van der Waals surface area (Å²) in [6.45, 7) is 0.622. The molecule has 0 aromatic heterocycles. The second kappa shape index (κ2) is 7.43. The van der Waals surface area contributed by atoms with Crippen LogP contribution in [0.2, 0.25) is 0 Å². The lowest BCUT2D eigenvalue weighted by Crippen LogP contribution is -2.49. The average molecular weight is 323 g/mol. The van der Waals surface area contributed by atoms with Crippen LogP contribution in [0.5, 0.6) is 5.75 Å². The lowest BCUT2D eigenvalue weighted by Gasteiger charge is -2.33. The highest BCUT2D eigenvalue weighted by Crippen LogP contribution is 2.18. The number of carboxylic acid groups (broad SMARTS) is 1. The molecule has 2 N–H and O–H groups in total. The first-order valence-corrected chi connectivity index (χ1v) is 7.17. The smallest absolute Gasteiger partial charge is 0.412 e. The summed E-state index contributed by atoms with van der Waals surface area (Å²) in [5, 5.41) is 22.2. The summed E-state index contributed by atoms with van der Waals surface area (Å²) in [7, 11) is 0. The van der Waals surface area contributed by atoms with E-state index in [1.807, 2.05) is 0 Å². The van der Waals surface area contributed by atoms with E-state index in [-0.39, 0.29) is 24.0 Å². The van der Waals surface area contributed by atoms with Crippen LogP contribution in [-0.2, 0) is 0 Å². The zero-order valence-corrected chi connectivity index (χ0v) is 12.3. The van der Waals surface area contributed by atoms with E-state index in [4.69, 9.17) is 9.84 Å². The van der Waals surface area contributed by atoms with Crippen molar-refractivity contribution in [3.05, 3.63) is 34.4 Å². The van der Waals surface area contributed by atoms with Gasteiger partial charge >= 0.3 is 12.2 Å². The molecule has 1 aliphatic heterocycles. The number of amides is 2. The molecule has 1 heterocycles. The van der Waals surface area contributed by atoms with Crippen molar-refractivity contribution in [2.45, 2.75) is 25.3 Å². The Morgan fingerprint density at radius 1 is 1.35 bits per heavy atom. The molecule has 0 aliphatic carbocycles. The van der Waals surface area contributed by atoms with Crippen molar-refractivity contribution in [2.75, 3.05) is 13.1 Å². The number of likely N-dealkylation sites (tertiary alicyclic amines) is 1. The van der Waals surface area contributed by atoms with Crippen LogP contribution in [0.4, 0.5) is 15.3 Å². The van der Waals surface area contributed by atoms with E-state index in [0.29, 0.717) is 13.0 Å². The predicted octanol–water partition coefficient (Wildman–Crippen LogP) is 2.22.